The predicted octanol–water partition coefficient (Wildman–Crippen LogP) is 3.78. The van der Waals surface area contributed by atoms with Crippen molar-refractivity contribution in [2.24, 2.45) is 0 Å². The first-order valence-corrected chi connectivity index (χ1v) is 10.9. The molecule has 6 nitrogen and oxygen atoms in total. The normalized spacial score (nSPS) is 17.8. The van der Waals surface area contributed by atoms with Crippen LogP contribution < -0.4 is 4.72 Å². The minimum Gasteiger partial charge on any atom is -0.480 e. The Bertz CT molecular complexity index is 1190. The van der Waals surface area contributed by atoms with Crippen LogP contribution in [0.4, 0.5) is 4.39 Å². The fourth-order valence-electron chi connectivity index (χ4n) is 4.12. The minimum atomic E-state index is -3.90. The van der Waals surface area contributed by atoms with Gasteiger partial charge in [0.25, 0.3) is 0 Å². The van der Waals surface area contributed by atoms with Crippen LogP contribution in [0.5, 0.6) is 0 Å². The number of aliphatic carboxylic acids is 1. The lowest BCUT2D eigenvalue weighted by atomic mass is 9.92. The summed E-state index contributed by atoms with van der Waals surface area (Å²) in [5.41, 5.74) is 2.45. The molecule has 152 valence electrons. The third kappa shape index (κ3) is 3.42. The molecule has 2 aromatic carbocycles. The van der Waals surface area contributed by atoms with Crippen LogP contribution in [0.1, 0.15) is 43.1 Å². The SMILES string of the molecule is C[C@@H](C(=O)O)n1c2c(c3ccccc31)CCC[C@H]2NS(=O)(=O)c1ccc(F)cc1. The number of carboxylic acids is 1. The van der Waals surface area contributed by atoms with Crippen molar-refractivity contribution in [3.05, 3.63) is 65.6 Å². The number of nitrogens with one attached hydrogen (secondary N) is 1. The van der Waals surface area contributed by atoms with Crippen molar-refractivity contribution in [1.82, 2.24) is 9.29 Å². The Labute approximate surface area is 168 Å². The van der Waals surface area contributed by atoms with Crippen LogP contribution in [0.3, 0.4) is 0 Å². The summed E-state index contributed by atoms with van der Waals surface area (Å²) in [5.74, 6) is -1.50. The molecule has 3 aromatic rings. The van der Waals surface area contributed by atoms with E-state index in [-0.39, 0.29) is 4.90 Å². The molecule has 8 heteroatoms. The van der Waals surface area contributed by atoms with Gasteiger partial charge in [-0.05, 0) is 62.1 Å². The van der Waals surface area contributed by atoms with Gasteiger partial charge in [0.05, 0.1) is 10.9 Å². The van der Waals surface area contributed by atoms with Crippen LogP contribution in [-0.2, 0) is 21.2 Å². The molecule has 0 fully saturated rings. The van der Waals surface area contributed by atoms with Gasteiger partial charge in [-0.1, -0.05) is 18.2 Å². The molecule has 0 unspecified atom stereocenters. The Hall–Kier alpha value is -2.71. The first kappa shape index (κ1) is 19.6. The van der Waals surface area contributed by atoms with Gasteiger partial charge < -0.3 is 9.67 Å². The Morgan fingerprint density at radius 2 is 1.90 bits per heavy atom. The largest absolute Gasteiger partial charge is 0.480 e. The van der Waals surface area contributed by atoms with E-state index in [9.17, 15) is 22.7 Å². The van der Waals surface area contributed by atoms with Crippen molar-refractivity contribution in [3.63, 3.8) is 0 Å². The zero-order valence-electron chi connectivity index (χ0n) is 15.8. The van der Waals surface area contributed by atoms with Gasteiger partial charge in [-0.25, -0.2) is 22.3 Å². The van der Waals surface area contributed by atoms with Crippen LogP contribution >= 0.6 is 0 Å². The molecule has 1 heterocycles. The Morgan fingerprint density at radius 3 is 2.59 bits per heavy atom. The first-order chi connectivity index (χ1) is 13.8. The Balaban J connectivity index is 1.84. The summed E-state index contributed by atoms with van der Waals surface area (Å²) >= 11 is 0. The summed E-state index contributed by atoms with van der Waals surface area (Å²) in [6.45, 7) is 1.59. The summed E-state index contributed by atoms with van der Waals surface area (Å²) in [6, 6.07) is 10.8. The fraction of sp³-hybridized carbons (Fsp3) is 0.286. The smallest absolute Gasteiger partial charge is 0.326 e. The average molecular weight is 416 g/mol. The number of hydrogen-bond acceptors (Lipinski definition) is 3. The second-order valence-electron chi connectivity index (χ2n) is 7.29. The van der Waals surface area contributed by atoms with E-state index in [4.69, 9.17) is 0 Å². The number of fused-ring (bicyclic) bond motifs is 3. The Kier molecular flexibility index (Phi) is 4.92. The van der Waals surface area contributed by atoms with Crippen molar-refractivity contribution in [3.8, 4) is 0 Å². The molecule has 0 spiro atoms. The number of aryl methyl sites for hydroxylation is 1. The zero-order chi connectivity index (χ0) is 20.8. The number of rotatable bonds is 5. The summed E-state index contributed by atoms with van der Waals surface area (Å²) in [7, 11) is -3.90. The molecule has 29 heavy (non-hydrogen) atoms. The number of benzene rings is 2. The lowest BCUT2D eigenvalue weighted by Crippen LogP contribution is -2.33. The van der Waals surface area contributed by atoms with Crippen molar-refractivity contribution in [2.45, 2.75) is 43.2 Å². The number of hydrogen-bond donors (Lipinski definition) is 2. The molecular formula is C21H21FN2O4S. The maximum absolute atomic E-state index is 13.2. The van der Waals surface area contributed by atoms with Crippen LogP contribution in [0.2, 0.25) is 0 Å². The number of sulfonamides is 1. The van der Waals surface area contributed by atoms with Gasteiger partial charge in [0.1, 0.15) is 11.9 Å². The molecule has 1 aliphatic rings. The maximum atomic E-state index is 13.2. The number of para-hydroxylation sites is 1. The molecule has 0 aliphatic heterocycles. The molecule has 4 rings (SSSR count). The van der Waals surface area contributed by atoms with Gasteiger partial charge in [-0.3, -0.25) is 0 Å². The summed E-state index contributed by atoms with van der Waals surface area (Å²) < 4.78 is 43.4. The van der Waals surface area contributed by atoms with E-state index < -0.39 is 33.9 Å². The van der Waals surface area contributed by atoms with E-state index in [0.29, 0.717) is 12.1 Å². The molecular weight excluding hydrogens is 395 g/mol. The summed E-state index contributed by atoms with van der Waals surface area (Å²) in [5, 5.41) is 10.6. The molecule has 1 aromatic heterocycles. The number of carboxylic acid groups (broad SMARTS) is 1. The van der Waals surface area contributed by atoms with Gasteiger partial charge in [0, 0.05) is 16.6 Å². The van der Waals surface area contributed by atoms with Crippen LogP contribution in [0.15, 0.2) is 53.4 Å². The first-order valence-electron chi connectivity index (χ1n) is 9.42. The maximum Gasteiger partial charge on any atom is 0.326 e. The number of aromatic nitrogens is 1. The van der Waals surface area contributed by atoms with Crippen LogP contribution in [-0.4, -0.2) is 24.1 Å². The lowest BCUT2D eigenvalue weighted by Gasteiger charge is -2.27. The number of carbonyl (C=O) groups is 1. The standard InChI is InChI=1S/C21H21FN2O4S/c1-13(21(25)26)24-19-8-3-2-5-16(19)17-6-4-7-18(20(17)24)23-29(27,28)15-11-9-14(22)10-12-15/h2-3,5,8-13,18,23H,4,6-7H2,1H3,(H,25,26)/t13-,18+/m0/s1. The number of halogens is 1. The highest BCUT2D eigenvalue weighted by molar-refractivity contribution is 7.89. The summed E-state index contributed by atoms with van der Waals surface area (Å²) in [4.78, 5) is 11.7. The van der Waals surface area contributed by atoms with Gasteiger partial charge in [0.2, 0.25) is 10.0 Å². The highest BCUT2D eigenvalue weighted by Crippen LogP contribution is 2.40. The predicted molar refractivity (Wildman–Crippen MR) is 107 cm³/mol. The van der Waals surface area contributed by atoms with E-state index in [1.165, 1.54) is 12.1 Å². The van der Waals surface area contributed by atoms with Crippen molar-refractivity contribution in [1.29, 1.82) is 0 Å². The van der Waals surface area contributed by atoms with Crippen LogP contribution in [0, 0.1) is 5.82 Å². The molecule has 0 saturated heterocycles. The molecule has 2 N–H and O–H groups in total. The molecule has 0 radical (unpaired) electrons. The van der Waals surface area contributed by atoms with Crippen LogP contribution in [0.25, 0.3) is 10.9 Å². The fourth-order valence-corrected chi connectivity index (χ4v) is 5.36. The summed E-state index contributed by atoms with van der Waals surface area (Å²) in [6.07, 6.45) is 2.08. The molecule has 0 amide bonds. The Morgan fingerprint density at radius 1 is 1.21 bits per heavy atom. The van der Waals surface area contributed by atoms with E-state index in [1.54, 1.807) is 11.5 Å². The topological polar surface area (TPSA) is 88.4 Å². The van der Waals surface area contributed by atoms with E-state index in [0.717, 1.165) is 41.4 Å². The van der Waals surface area contributed by atoms with Crippen molar-refractivity contribution in [2.75, 3.05) is 0 Å². The van der Waals surface area contributed by atoms with E-state index >= 15 is 0 Å². The second-order valence-corrected chi connectivity index (χ2v) is 9.00. The van der Waals surface area contributed by atoms with E-state index in [2.05, 4.69) is 4.72 Å². The monoisotopic (exact) mass is 416 g/mol. The highest BCUT2D eigenvalue weighted by Gasteiger charge is 2.33. The molecule has 0 saturated carbocycles. The van der Waals surface area contributed by atoms with E-state index in [1.807, 2.05) is 24.3 Å². The lowest BCUT2D eigenvalue weighted by molar-refractivity contribution is -0.140. The number of nitrogens with zero attached hydrogens (tertiary/aromatic N) is 1. The molecule has 0 bridgehead atoms. The zero-order valence-corrected chi connectivity index (χ0v) is 16.6. The second kappa shape index (κ2) is 7.27. The van der Waals surface area contributed by atoms with Crippen molar-refractivity contribution >= 4 is 26.9 Å². The third-order valence-electron chi connectivity index (χ3n) is 5.47. The van der Waals surface area contributed by atoms with Gasteiger partial charge in [-0.2, -0.15) is 0 Å². The molecule has 1 aliphatic carbocycles. The quantitative estimate of drug-likeness (QED) is 0.663. The third-order valence-corrected chi connectivity index (χ3v) is 6.96. The van der Waals surface area contributed by atoms with Gasteiger partial charge in [-0.15, -0.1) is 0 Å². The van der Waals surface area contributed by atoms with Gasteiger partial charge in [0.15, 0.2) is 0 Å². The minimum absolute atomic E-state index is 0.0278. The average Bonchev–Trinajstić information content (AvgIpc) is 3.03. The van der Waals surface area contributed by atoms with Gasteiger partial charge >= 0.3 is 5.97 Å². The van der Waals surface area contributed by atoms with Crippen molar-refractivity contribution < 1.29 is 22.7 Å². The molecule has 2 atom stereocenters. The highest BCUT2D eigenvalue weighted by atomic mass is 32.2.